The lowest BCUT2D eigenvalue weighted by molar-refractivity contribution is -0.0600. The van der Waals surface area contributed by atoms with E-state index in [0.29, 0.717) is 42.4 Å². The van der Waals surface area contributed by atoms with E-state index in [9.17, 15) is 9.90 Å². The molecule has 2 aromatic heterocycles. The van der Waals surface area contributed by atoms with Crippen molar-refractivity contribution in [3.8, 4) is 22.6 Å². The number of pyridine rings is 1. The van der Waals surface area contributed by atoms with Gasteiger partial charge in [0, 0.05) is 50.4 Å². The van der Waals surface area contributed by atoms with Gasteiger partial charge in [-0.25, -0.2) is 9.97 Å². The molecular weight excluding hydrogens is 462 g/mol. The Morgan fingerprint density at radius 3 is 2.89 bits per heavy atom. The fraction of sp³-hybridized carbons (Fsp3) is 0.440. The molecule has 36 heavy (non-hydrogen) atoms. The van der Waals surface area contributed by atoms with Crippen LogP contribution in [0.1, 0.15) is 35.7 Å². The predicted octanol–water partition coefficient (Wildman–Crippen LogP) is 1.97. The number of anilines is 1. The van der Waals surface area contributed by atoms with Crippen molar-refractivity contribution in [2.45, 2.75) is 43.6 Å². The highest BCUT2D eigenvalue weighted by Crippen LogP contribution is 2.37. The second kappa shape index (κ2) is 9.16. The van der Waals surface area contributed by atoms with E-state index in [1.165, 1.54) is 6.20 Å². The van der Waals surface area contributed by atoms with Crippen molar-refractivity contribution >= 4 is 17.4 Å². The lowest BCUT2D eigenvalue weighted by atomic mass is 9.89. The van der Waals surface area contributed by atoms with Gasteiger partial charge in [-0.3, -0.25) is 4.79 Å². The molecule has 6 rings (SSSR count). The summed E-state index contributed by atoms with van der Waals surface area (Å²) in [6.45, 7) is 1.22. The van der Waals surface area contributed by atoms with Crippen LogP contribution in [0, 0.1) is 0 Å². The van der Waals surface area contributed by atoms with Gasteiger partial charge in [0.1, 0.15) is 23.3 Å². The number of aliphatic hydroxyl groups is 1. The van der Waals surface area contributed by atoms with Crippen LogP contribution in [0.15, 0.2) is 36.8 Å². The molecule has 188 valence electrons. The Labute approximate surface area is 207 Å². The molecule has 0 aromatic carbocycles. The molecule has 0 bridgehead atoms. The summed E-state index contributed by atoms with van der Waals surface area (Å²) in [6.07, 6.45) is 7.10. The minimum atomic E-state index is -0.505. The molecule has 4 atom stereocenters. The molecule has 3 aliphatic heterocycles. The lowest BCUT2D eigenvalue weighted by Gasteiger charge is -2.33. The summed E-state index contributed by atoms with van der Waals surface area (Å²) in [5.74, 6) is 1.24. The number of nitrogens with zero attached hydrogens (tertiary/aromatic N) is 5. The topological polar surface area (TPSA) is 128 Å². The molecule has 1 saturated heterocycles. The first-order valence-corrected chi connectivity index (χ1v) is 12.2. The molecule has 11 nitrogen and oxygen atoms in total. The number of amides is 1. The van der Waals surface area contributed by atoms with E-state index in [0.717, 1.165) is 29.8 Å². The molecule has 1 amide bonds. The Bertz CT molecular complexity index is 1380. The Morgan fingerprint density at radius 1 is 1.25 bits per heavy atom. The van der Waals surface area contributed by atoms with Gasteiger partial charge >= 0.3 is 0 Å². The van der Waals surface area contributed by atoms with Crippen molar-refractivity contribution in [1.82, 2.24) is 29.5 Å². The number of aromatic nitrogens is 5. The highest BCUT2D eigenvalue weighted by Gasteiger charge is 2.32. The number of methoxy groups -OCH3 is 1. The Kier molecular flexibility index (Phi) is 5.82. The van der Waals surface area contributed by atoms with Gasteiger partial charge in [0.05, 0.1) is 36.7 Å². The lowest BCUT2D eigenvalue weighted by Crippen LogP contribution is -2.50. The quantitative estimate of drug-likeness (QED) is 0.374. The molecule has 4 aliphatic rings. The largest absolute Gasteiger partial charge is 0.391 e. The van der Waals surface area contributed by atoms with E-state index in [1.807, 2.05) is 30.6 Å². The minimum Gasteiger partial charge on any atom is -0.391 e. The number of ether oxygens (including phenoxy) is 2. The first-order valence-electron chi connectivity index (χ1n) is 12.2. The summed E-state index contributed by atoms with van der Waals surface area (Å²) >= 11 is 0. The van der Waals surface area contributed by atoms with Crippen molar-refractivity contribution in [1.29, 1.82) is 0 Å². The van der Waals surface area contributed by atoms with Crippen LogP contribution in [-0.2, 0) is 9.47 Å². The van der Waals surface area contributed by atoms with Crippen molar-refractivity contribution < 1.29 is 19.4 Å². The van der Waals surface area contributed by atoms with Crippen LogP contribution in [-0.4, -0.2) is 80.8 Å². The fourth-order valence-electron chi connectivity index (χ4n) is 5.11. The van der Waals surface area contributed by atoms with Crippen molar-refractivity contribution in [3.05, 3.63) is 42.4 Å². The van der Waals surface area contributed by atoms with Gasteiger partial charge in [-0.15, -0.1) is 0 Å². The summed E-state index contributed by atoms with van der Waals surface area (Å²) in [6, 6.07) is 5.82. The summed E-state index contributed by atoms with van der Waals surface area (Å²) in [5, 5.41) is 20.3. The van der Waals surface area contributed by atoms with Crippen LogP contribution in [0.25, 0.3) is 28.3 Å². The third-order valence-corrected chi connectivity index (χ3v) is 7.33. The second-order valence-electron chi connectivity index (χ2n) is 9.32. The number of carbonyl (C=O) groups excluding carboxylic acids is 1. The monoisotopic (exact) mass is 491 g/mol. The summed E-state index contributed by atoms with van der Waals surface area (Å²) in [5.41, 5.74) is 3.30. The summed E-state index contributed by atoms with van der Waals surface area (Å²) in [4.78, 5) is 22.6. The molecule has 1 aliphatic carbocycles. The standard InChI is InChI=1S/C25H29N7O4/c1-26-22-10-18(29-24-16(12-28-32(22)24)25(34)30-17-5-6-20(17)33)15-11-27-23-14(15)4-3-8-31(23)19-7-9-36-13-21(19)35-2/h3-4,8,10-12,17,19-21,26,33H,5-7,9,13H2,1-2H3,(H,30,34)/t17-,19-,20+,21-/m1/s1. The fourth-order valence-corrected chi connectivity index (χ4v) is 5.11. The first kappa shape index (κ1) is 22.9. The smallest absolute Gasteiger partial charge is 0.257 e. The van der Waals surface area contributed by atoms with E-state index < -0.39 is 6.10 Å². The number of nitrogens with one attached hydrogen (secondary N) is 2. The maximum atomic E-state index is 13.0. The van der Waals surface area contributed by atoms with Gasteiger partial charge in [0.15, 0.2) is 5.65 Å². The van der Waals surface area contributed by atoms with E-state index in [4.69, 9.17) is 19.4 Å². The SMILES string of the molecule is CNc1cc(-c2cnc3n([C@@H]4CCOC[C@H]4OC)cccc2-3)nc2c(C(=O)N[C@@H]3CC[C@@H]3O)cnn12. The zero-order valence-electron chi connectivity index (χ0n) is 20.2. The zero-order valence-corrected chi connectivity index (χ0v) is 20.2. The number of hydrogen-bond donors (Lipinski definition) is 3. The molecule has 0 radical (unpaired) electrons. The van der Waals surface area contributed by atoms with E-state index in [1.54, 1.807) is 18.7 Å². The van der Waals surface area contributed by atoms with Crippen LogP contribution in [0.2, 0.25) is 0 Å². The molecule has 5 heterocycles. The number of aliphatic hydroxyl groups excluding tert-OH is 1. The van der Waals surface area contributed by atoms with Gasteiger partial charge in [-0.05, 0) is 31.4 Å². The van der Waals surface area contributed by atoms with E-state index >= 15 is 0 Å². The maximum absolute atomic E-state index is 13.0. The summed E-state index contributed by atoms with van der Waals surface area (Å²) in [7, 11) is 3.51. The van der Waals surface area contributed by atoms with Crippen LogP contribution >= 0.6 is 0 Å². The van der Waals surface area contributed by atoms with Crippen molar-refractivity contribution in [3.63, 3.8) is 0 Å². The van der Waals surface area contributed by atoms with E-state index in [2.05, 4.69) is 20.3 Å². The minimum absolute atomic E-state index is 0.0538. The Hall–Kier alpha value is -3.54. The zero-order chi connectivity index (χ0) is 24.8. The van der Waals surface area contributed by atoms with Crippen LogP contribution in [0.4, 0.5) is 5.82 Å². The van der Waals surface area contributed by atoms with Gasteiger partial charge in [0.2, 0.25) is 0 Å². The van der Waals surface area contributed by atoms with E-state index in [-0.39, 0.29) is 24.1 Å². The molecule has 2 fully saturated rings. The van der Waals surface area contributed by atoms with Crippen molar-refractivity contribution in [2.24, 2.45) is 0 Å². The molecule has 1 saturated carbocycles. The van der Waals surface area contributed by atoms with Crippen LogP contribution < -0.4 is 10.6 Å². The predicted molar refractivity (Wildman–Crippen MR) is 132 cm³/mol. The van der Waals surface area contributed by atoms with Gasteiger partial charge in [-0.2, -0.15) is 9.61 Å². The van der Waals surface area contributed by atoms with Crippen LogP contribution in [0.3, 0.4) is 0 Å². The average Bonchev–Trinajstić information content (AvgIpc) is 3.54. The Balaban J connectivity index is 1.39. The molecule has 0 spiro atoms. The van der Waals surface area contributed by atoms with Crippen LogP contribution in [0.5, 0.6) is 0 Å². The van der Waals surface area contributed by atoms with Gasteiger partial charge in [-0.1, -0.05) is 0 Å². The number of carbonyl (C=O) groups is 1. The average molecular weight is 492 g/mol. The molecule has 0 unspecified atom stereocenters. The second-order valence-corrected chi connectivity index (χ2v) is 9.32. The van der Waals surface area contributed by atoms with Crippen molar-refractivity contribution in [2.75, 3.05) is 32.7 Å². The number of fused-ring (bicyclic) bond motifs is 2. The number of hydrogen-bond acceptors (Lipinski definition) is 8. The van der Waals surface area contributed by atoms with Gasteiger partial charge < -0.3 is 29.8 Å². The molecule has 11 heteroatoms. The first-order chi connectivity index (χ1) is 17.6. The molecule has 3 N–H and O–H groups in total. The third kappa shape index (κ3) is 3.71. The number of rotatable bonds is 6. The third-order valence-electron chi connectivity index (χ3n) is 7.33. The highest BCUT2D eigenvalue weighted by atomic mass is 16.5. The maximum Gasteiger partial charge on any atom is 0.257 e. The normalized spacial score (nSPS) is 24.1. The highest BCUT2D eigenvalue weighted by molar-refractivity contribution is 6.00. The molecular formula is C25H29N7O4. The summed E-state index contributed by atoms with van der Waals surface area (Å²) < 4.78 is 15.1. The van der Waals surface area contributed by atoms with Gasteiger partial charge in [0.25, 0.3) is 5.91 Å². The molecule has 2 aromatic rings. The Morgan fingerprint density at radius 2 is 2.14 bits per heavy atom.